The molecular weight excluding hydrogens is 482 g/mol. The first-order valence-corrected chi connectivity index (χ1v) is 14.0. The van der Waals surface area contributed by atoms with E-state index in [0.29, 0.717) is 19.6 Å². The standard InChI is InChI=1S/C29H39N5O4/c35-28(26-9-5-16-34(26)23-7-2-1-3-8-23)32-25(29(36)37)13-18-33-17-12-24(20-33)38-19-14-22-11-10-21-6-4-15-30-27(21)31-22/h1-3,7-8,10-11,24-26H,4-6,9,12-20H2,(H,30,31)(H,32,35)(H,36,37)/t24-,25?,26+/m1/s1. The van der Waals surface area contributed by atoms with Gasteiger partial charge in [0.2, 0.25) is 5.91 Å². The van der Waals surface area contributed by atoms with Gasteiger partial charge in [0.05, 0.1) is 12.7 Å². The number of carboxylic acids is 1. The van der Waals surface area contributed by atoms with Crippen molar-refractivity contribution < 1.29 is 19.4 Å². The molecule has 1 aromatic carbocycles. The number of para-hydroxylation sites is 1. The van der Waals surface area contributed by atoms with E-state index in [1.165, 1.54) is 5.56 Å². The van der Waals surface area contributed by atoms with Gasteiger partial charge in [-0.1, -0.05) is 24.3 Å². The Hall–Kier alpha value is -3.17. The van der Waals surface area contributed by atoms with Crippen LogP contribution in [-0.4, -0.2) is 84.4 Å². The number of carbonyl (C=O) groups is 2. The van der Waals surface area contributed by atoms with Crippen LogP contribution < -0.4 is 15.5 Å². The zero-order valence-corrected chi connectivity index (χ0v) is 22.0. The van der Waals surface area contributed by atoms with Crippen LogP contribution in [0.3, 0.4) is 0 Å². The SMILES string of the molecule is O=C(O)C(CCN1CC[C@@H](OCCc2ccc3c(n2)NCCC3)C1)NC(=O)[C@@H]1CCCN1c1ccccc1. The Morgan fingerprint density at radius 1 is 1.13 bits per heavy atom. The lowest BCUT2D eigenvalue weighted by atomic mass is 10.1. The number of anilines is 2. The molecule has 2 aromatic rings. The number of hydrogen-bond acceptors (Lipinski definition) is 7. The third-order valence-corrected chi connectivity index (χ3v) is 7.88. The summed E-state index contributed by atoms with van der Waals surface area (Å²) < 4.78 is 6.13. The van der Waals surface area contributed by atoms with Crippen LogP contribution in [0.15, 0.2) is 42.5 Å². The molecule has 4 heterocycles. The van der Waals surface area contributed by atoms with Crippen LogP contribution in [0.4, 0.5) is 11.5 Å². The van der Waals surface area contributed by atoms with Gasteiger partial charge in [-0.05, 0) is 62.3 Å². The minimum atomic E-state index is -0.985. The number of nitrogens with zero attached hydrogens (tertiary/aromatic N) is 3. The predicted molar refractivity (Wildman–Crippen MR) is 147 cm³/mol. The average Bonchev–Trinajstić information content (AvgIpc) is 3.61. The summed E-state index contributed by atoms with van der Waals surface area (Å²) in [5.41, 5.74) is 3.33. The third kappa shape index (κ3) is 6.63. The number of amides is 1. The smallest absolute Gasteiger partial charge is 0.326 e. The number of nitrogens with one attached hydrogen (secondary N) is 2. The lowest BCUT2D eigenvalue weighted by Crippen LogP contribution is -2.50. The molecule has 3 aliphatic heterocycles. The van der Waals surface area contributed by atoms with Gasteiger partial charge in [0.25, 0.3) is 0 Å². The number of rotatable bonds is 11. The molecule has 1 unspecified atom stereocenters. The molecule has 0 saturated carbocycles. The number of carboxylic acid groups (broad SMARTS) is 1. The fraction of sp³-hybridized carbons (Fsp3) is 0.552. The summed E-state index contributed by atoms with van der Waals surface area (Å²) in [6.07, 6.45) is 6.11. The van der Waals surface area contributed by atoms with Crippen LogP contribution in [0, 0.1) is 0 Å². The molecule has 0 spiro atoms. The summed E-state index contributed by atoms with van der Waals surface area (Å²) in [6.45, 7) is 4.67. The first kappa shape index (κ1) is 26.4. The molecule has 5 rings (SSSR count). The Balaban J connectivity index is 1.05. The largest absolute Gasteiger partial charge is 0.480 e. The van der Waals surface area contributed by atoms with Crippen molar-refractivity contribution in [2.24, 2.45) is 0 Å². The summed E-state index contributed by atoms with van der Waals surface area (Å²) in [5, 5.41) is 16.0. The average molecular weight is 522 g/mol. The van der Waals surface area contributed by atoms with E-state index in [-0.39, 0.29) is 18.1 Å². The van der Waals surface area contributed by atoms with Crippen molar-refractivity contribution in [2.75, 3.05) is 49.5 Å². The second-order valence-corrected chi connectivity index (χ2v) is 10.5. The highest BCUT2D eigenvalue weighted by Gasteiger charge is 2.33. The zero-order chi connectivity index (χ0) is 26.3. The zero-order valence-electron chi connectivity index (χ0n) is 22.0. The minimum Gasteiger partial charge on any atom is -0.480 e. The van der Waals surface area contributed by atoms with E-state index >= 15 is 0 Å². The van der Waals surface area contributed by atoms with E-state index in [1.807, 2.05) is 30.3 Å². The molecule has 204 valence electrons. The number of aromatic nitrogens is 1. The van der Waals surface area contributed by atoms with Gasteiger partial charge in [-0.25, -0.2) is 9.78 Å². The molecule has 0 aliphatic carbocycles. The molecule has 2 fully saturated rings. The highest BCUT2D eigenvalue weighted by atomic mass is 16.5. The van der Waals surface area contributed by atoms with Gasteiger partial charge in [0, 0.05) is 50.5 Å². The quantitative estimate of drug-likeness (QED) is 0.415. The normalized spacial score (nSPS) is 22.1. The Kier molecular flexibility index (Phi) is 8.75. The molecule has 1 aromatic heterocycles. The Morgan fingerprint density at radius 2 is 2.00 bits per heavy atom. The number of aliphatic carboxylic acids is 1. The molecule has 1 amide bonds. The minimum absolute atomic E-state index is 0.140. The van der Waals surface area contributed by atoms with E-state index < -0.39 is 12.0 Å². The van der Waals surface area contributed by atoms with Gasteiger partial charge in [-0.2, -0.15) is 0 Å². The van der Waals surface area contributed by atoms with Gasteiger partial charge in [-0.15, -0.1) is 0 Å². The van der Waals surface area contributed by atoms with Crippen molar-refractivity contribution in [3.8, 4) is 0 Å². The third-order valence-electron chi connectivity index (χ3n) is 7.88. The molecule has 0 radical (unpaired) electrons. The predicted octanol–water partition coefficient (Wildman–Crippen LogP) is 2.70. The maximum Gasteiger partial charge on any atom is 0.326 e. The van der Waals surface area contributed by atoms with Gasteiger partial charge in [0.1, 0.15) is 17.9 Å². The van der Waals surface area contributed by atoms with Crippen LogP contribution in [0.5, 0.6) is 0 Å². The van der Waals surface area contributed by atoms with Crippen LogP contribution in [0.2, 0.25) is 0 Å². The Morgan fingerprint density at radius 3 is 2.84 bits per heavy atom. The summed E-state index contributed by atoms with van der Waals surface area (Å²) in [4.78, 5) is 34.1. The van der Waals surface area contributed by atoms with Gasteiger partial charge in [0.15, 0.2) is 0 Å². The van der Waals surface area contributed by atoms with Crippen molar-refractivity contribution in [2.45, 2.75) is 63.1 Å². The molecule has 9 heteroatoms. The summed E-state index contributed by atoms with van der Waals surface area (Å²) in [5.74, 6) is -0.171. The number of pyridine rings is 1. The fourth-order valence-electron chi connectivity index (χ4n) is 5.78. The summed E-state index contributed by atoms with van der Waals surface area (Å²) >= 11 is 0. The lowest BCUT2D eigenvalue weighted by Gasteiger charge is -2.27. The van der Waals surface area contributed by atoms with E-state index in [2.05, 4.69) is 32.6 Å². The molecule has 9 nitrogen and oxygen atoms in total. The second-order valence-electron chi connectivity index (χ2n) is 10.5. The topological polar surface area (TPSA) is 107 Å². The Bertz CT molecular complexity index is 1100. The van der Waals surface area contributed by atoms with Gasteiger partial charge in [-0.3, -0.25) is 4.79 Å². The highest BCUT2D eigenvalue weighted by Crippen LogP contribution is 2.25. The van der Waals surface area contributed by atoms with Crippen LogP contribution in [0.1, 0.15) is 43.4 Å². The van der Waals surface area contributed by atoms with Crippen LogP contribution in [-0.2, 0) is 27.2 Å². The number of carbonyl (C=O) groups excluding carboxylic acids is 1. The molecule has 3 aliphatic rings. The number of benzene rings is 1. The molecule has 3 atom stereocenters. The van der Waals surface area contributed by atoms with Gasteiger partial charge < -0.3 is 30.3 Å². The maximum atomic E-state index is 13.0. The van der Waals surface area contributed by atoms with E-state index in [9.17, 15) is 14.7 Å². The number of fused-ring (bicyclic) bond motifs is 1. The molecule has 0 bridgehead atoms. The Labute approximate surface area is 224 Å². The first-order chi connectivity index (χ1) is 18.6. The summed E-state index contributed by atoms with van der Waals surface area (Å²) in [7, 11) is 0. The second kappa shape index (κ2) is 12.6. The van der Waals surface area contributed by atoms with Gasteiger partial charge >= 0.3 is 5.97 Å². The first-order valence-electron chi connectivity index (χ1n) is 14.0. The highest BCUT2D eigenvalue weighted by molar-refractivity contribution is 5.89. The monoisotopic (exact) mass is 521 g/mol. The molecule has 38 heavy (non-hydrogen) atoms. The molecule has 2 saturated heterocycles. The van der Waals surface area contributed by atoms with Crippen molar-refractivity contribution >= 4 is 23.4 Å². The number of aryl methyl sites for hydroxylation is 1. The van der Waals surface area contributed by atoms with E-state index in [0.717, 1.165) is 81.9 Å². The molecule has 3 N–H and O–H groups in total. The van der Waals surface area contributed by atoms with Crippen LogP contribution >= 0.6 is 0 Å². The van der Waals surface area contributed by atoms with Crippen molar-refractivity contribution in [3.05, 3.63) is 53.7 Å². The van der Waals surface area contributed by atoms with E-state index in [1.54, 1.807) is 0 Å². The fourth-order valence-corrected chi connectivity index (χ4v) is 5.78. The number of likely N-dealkylation sites (tertiary alicyclic amines) is 1. The lowest BCUT2D eigenvalue weighted by molar-refractivity contribution is -0.142. The van der Waals surface area contributed by atoms with Crippen molar-refractivity contribution in [3.63, 3.8) is 0 Å². The van der Waals surface area contributed by atoms with E-state index in [4.69, 9.17) is 9.72 Å². The number of ether oxygens (including phenoxy) is 1. The molecular formula is C29H39N5O4. The number of hydrogen-bond donors (Lipinski definition) is 3. The summed E-state index contributed by atoms with van der Waals surface area (Å²) in [6, 6.07) is 12.9. The van der Waals surface area contributed by atoms with Crippen molar-refractivity contribution in [1.82, 2.24) is 15.2 Å². The maximum absolute atomic E-state index is 13.0. The van der Waals surface area contributed by atoms with Crippen LogP contribution in [0.25, 0.3) is 0 Å². The van der Waals surface area contributed by atoms with Crippen molar-refractivity contribution in [1.29, 1.82) is 0 Å².